The molecule has 34 heavy (non-hydrogen) atoms. The molecular weight excluding hydrogens is 520 g/mol. The summed E-state index contributed by atoms with van der Waals surface area (Å²) in [7, 11) is 0. The van der Waals surface area contributed by atoms with E-state index in [1.165, 1.54) is 0 Å². The third kappa shape index (κ3) is 7.24. The van der Waals surface area contributed by atoms with E-state index in [2.05, 4.69) is 21.2 Å². The van der Waals surface area contributed by atoms with Crippen molar-refractivity contribution in [1.82, 2.24) is 4.90 Å². The Morgan fingerprint density at radius 3 is 2.38 bits per heavy atom. The molecule has 8 heteroatoms. The van der Waals surface area contributed by atoms with Gasteiger partial charge < -0.3 is 19.7 Å². The van der Waals surface area contributed by atoms with Gasteiger partial charge in [-0.15, -0.1) is 0 Å². The van der Waals surface area contributed by atoms with Crippen LogP contribution >= 0.6 is 27.5 Å². The van der Waals surface area contributed by atoms with E-state index in [0.29, 0.717) is 23.7 Å². The molecule has 0 bridgehead atoms. The Kier molecular flexibility index (Phi) is 8.66. The zero-order valence-electron chi connectivity index (χ0n) is 19.9. The number of nitrogens with zero attached hydrogens (tertiary/aromatic N) is 1. The van der Waals surface area contributed by atoms with Crippen LogP contribution in [0.5, 0.6) is 5.75 Å². The van der Waals surface area contributed by atoms with Gasteiger partial charge in [-0.3, -0.25) is 4.79 Å². The van der Waals surface area contributed by atoms with Crippen LogP contribution in [0.2, 0.25) is 5.02 Å². The number of amides is 2. The van der Waals surface area contributed by atoms with Gasteiger partial charge in [0.15, 0.2) is 0 Å². The minimum absolute atomic E-state index is 0.0558. The molecule has 0 aliphatic carbocycles. The topological polar surface area (TPSA) is 67.9 Å². The molecular formula is C26H30BrClN2O4. The van der Waals surface area contributed by atoms with Crippen LogP contribution < -0.4 is 10.1 Å². The molecule has 0 saturated carbocycles. The van der Waals surface area contributed by atoms with E-state index in [9.17, 15) is 9.59 Å². The molecule has 2 aliphatic rings. The average Bonchev–Trinajstić information content (AvgIpc) is 3.09. The Bertz CT molecular complexity index is 1060. The Morgan fingerprint density at radius 1 is 1.15 bits per heavy atom. The molecule has 2 aromatic rings. The van der Waals surface area contributed by atoms with Gasteiger partial charge in [-0.25, -0.2) is 4.79 Å². The van der Waals surface area contributed by atoms with Gasteiger partial charge in [-0.1, -0.05) is 39.7 Å². The summed E-state index contributed by atoms with van der Waals surface area (Å²) < 4.78 is 12.4. The molecule has 0 unspecified atom stereocenters. The second-order valence-corrected chi connectivity index (χ2v) is 10.4. The second kappa shape index (κ2) is 11.3. The Labute approximate surface area is 214 Å². The summed E-state index contributed by atoms with van der Waals surface area (Å²) in [5, 5.41) is 3.38. The van der Waals surface area contributed by atoms with E-state index < -0.39 is 5.60 Å². The van der Waals surface area contributed by atoms with Crippen LogP contribution in [0.25, 0.3) is 5.57 Å². The molecule has 1 fully saturated rings. The molecule has 2 aliphatic heterocycles. The lowest BCUT2D eigenvalue weighted by Crippen LogP contribution is -2.44. The molecule has 0 spiro atoms. The molecule has 182 valence electrons. The first-order valence-electron chi connectivity index (χ1n) is 11.2. The number of rotatable bonds is 2. The van der Waals surface area contributed by atoms with Crippen LogP contribution in [0, 0.1) is 0 Å². The molecule has 2 amide bonds. The summed E-state index contributed by atoms with van der Waals surface area (Å²) in [5.74, 6) is 0.814. The van der Waals surface area contributed by atoms with Crippen molar-refractivity contribution in [3.8, 4) is 5.75 Å². The van der Waals surface area contributed by atoms with Crippen molar-refractivity contribution in [2.24, 2.45) is 0 Å². The van der Waals surface area contributed by atoms with Crippen LogP contribution in [-0.2, 0) is 9.53 Å². The Balaban J connectivity index is 0.000000212. The van der Waals surface area contributed by atoms with E-state index in [-0.39, 0.29) is 18.1 Å². The van der Waals surface area contributed by atoms with Gasteiger partial charge in [0.1, 0.15) is 17.5 Å². The van der Waals surface area contributed by atoms with Crippen molar-refractivity contribution in [2.45, 2.75) is 52.2 Å². The van der Waals surface area contributed by atoms with Gasteiger partial charge in [0.25, 0.3) is 5.91 Å². The minimum atomic E-state index is -0.443. The number of carbonyl (C=O) groups excluding carboxylic acids is 2. The van der Waals surface area contributed by atoms with Crippen molar-refractivity contribution in [3.05, 3.63) is 63.6 Å². The lowest BCUT2D eigenvalue weighted by molar-refractivity contribution is -0.110. The van der Waals surface area contributed by atoms with E-state index in [1.54, 1.807) is 23.1 Å². The highest BCUT2D eigenvalue weighted by atomic mass is 79.9. The van der Waals surface area contributed by atoms with Crippen molar-refractivity contribution >= 4 is 50.8 Å². The summed E-state index contributed by atoms with van der Waals surface area (Å²) in [6.07, 6.45) is 3.38. The highest BCUT2D eigenvalue weighted by Gasteiger charge is 2.27. The fourth-order valence-corrected chi connectivity index (χ4v) is 4.08. The molecule has 4 rings (SSSR count). The third-order valence-electron chi connectivity index (χ3n) is 5.26. The number of ether oxygens (including phenoxy) is 2. The number of carbonyl (C=O) groups is 2. The van der Waals surface area contributed by atoms with Gasteiger partial charge in [-0.2, -0.15) is 0 Å². The van der Waals surface area contributed by atoms with Crippen LogP contribution in [0.15, 0.2) is 53.0 Å². The quantitative estimate of drug-likeness (QED) is 0.413. The number of fused-ring (bicyclic) bond motifs is 1. The highest BCUT2D eigenvalue weighted by Crippen LogP contribution is 2.33. The molecule has 2 heterocycles. The van der Waals surface area contributed by atoms with Gasteiger partial charge >= 0.3 is 6.09 Å². The number of piperidine rings is 1. The van der Waals surface area contributed by atoms with Crippen molar-refractivity contribution in [1.29, 1.82) is 0 Å². The summed E-state index contributed by atoms with van der Waals surface area (Å²) in [6.45, 7) is 8.85. The zero-order valence-corrected chi connectivity index (χ0v) is 22.2. The molecule has 2 aromatic carbocycles. The number of benzene rings is 2. The zero-order chi connectivity index (χ0) is 24.9. The number of anilines is 1. The monoisotopic (exact) mass is 548 g/mol. The molecule has 6 nitrogen and oxygen atoms in total. The predicted molar refractivity (Wildman–Crippen MR) is 139 cm³/mol. The fourth-order valence-electron chi connectivity index (χ4n) is 3.64. The van der Waals surface area contributed by atoms with Crippen molar-refractivity contribution in [2.75, 3.05) is 18.4 Å². The molecule has 0 aromatic heterocycles. The van der Waals surface area contributed by atoms with Gasteiger partial charge in [-0.05, 0) is 64.1 Å². The normalized spacial score (nSPS) is 16.9. The Morgan fingerprint density at radius 2 is 1.79 bits per heavy atom. The van der Waals surface area contributed by atoms with Gasteiger partial charge in [0, 0.05) is 46.6 Å². The number of allylic oxidation sites excluding steroid dienone is 1. The molecule has 0 radical (unpaired) electrons. The first kappa shape index (κ1) is 26.1. The van der Waals surface area contributed by atoms with Crippen LogP contribution in [0.3, 0.4) is 0 Å². The average molecular weight is 550 g/mol. The van der Waals surface area contributed by atoms with Crippen molar-refractivity contribution < 1.29 is 19.1 Å². The van der Waals surface area contributed by atoms with E-state index in [0.717, 1.165) is 34.3 Å². The van der Waals surface area contributed by atoms with Crippen molar-refractivity contribution in [3.63, 3.8) is 0 Å². The van der Waals surface area contributed by atoms with E-state index in [1.807, 2.05) is 58.0 Å². The number of hydrogen-bond donors (Lipinski definition) is 1. The standard InChI is InChI=1S/C16H22BrNO3.C10H8ClNO/c1-16(2,3)21-15(19)18-10-8-14(9-11-18)20-13-6-4-12(17)5-7-13;1-2-7-8-4-3-6(11)5-9(8)12-10(7)13/h4-7,14H,8-11H2,1-3H3;2-5H,1H3,(H,12,13)/b;7-2+. The summed E-state index contributed by atoms with van der Waals surface area (Å²) in [4.78, 5) is 25.1. The first-order valence-corrected chi connectivity index (χ1v) is 12.4. The summed E-state index contributed by atoms with van der Waals surface area (Å²) >= 11 is 9.20. The lowest BCUT2D eigenvalue weighted by atomic mass is 10.1. The maximum absolute atomic E-state index is 12.0. The highest BCUT2D eigenvalue weighted by molar-refractivity contribution is 9.10. The second-order valence-electron chi connectivity index (χ2n) is 9.08. The fraction of sp³-hybridized carbons (Fsp3) is 0.385. The maximum atomic E-state index is 12.0. The minimum Gasteiger partial charge on any atom is -0.490 e. The molecule has 1 N–H and O–H groups in total. The SMILES string of the molecule is C/C=C1/C(=O)Nc2cc(Cl)ccc21.CC(C)(C)OC(=O)N1CCC(Oc2ccc(Br)cc2)CC1. The third-order valence-corrected chi connectivity index (χ3v) is 6.03. The summed E-state index contributed by atoms with van der Waals surface area (Å²) in [5.41, 5.74) is 2.00. The smallest absolute Gasteiger partial charge is 0.410 e. The van der Waals surface area contributed by atoms with Crippen LogP contribution in [0.1, 0.15) is 46.1 Å². The Hall–Kier alpha value is -2.51. The van der Waals surface area contributed by atoms with Gasteiger partial charge in [0.05, 0.1) is 5.69 Å². The largest absolute Gasteiger partial charge is 0.490 e. The lowest BCUT2D eigenvalue weighted by Gasteiger charge is -2.33. The maximum Gasteiger partial charge on any atom is 0.410 e. The number of hydrogen-bond acceptors (Lipinski definition) is 4. The molecule has 0 atom stereocenters. The summed E-state index contributed by atoms with van der Waals surface area (Å²) in [6, 6.07) is 13.2. The number of halogens is 2. The van der Waals surface area contributed by atoms with Crippen LogP contribution in [-0.4, -0.2) is 41.7 Å². The predicted octanol–water partition coefficient (Wildman–Crippen LogP) is 6.92. The number of likely N-dealkylation sites (tertiary alicyclic amines) is 1. The first-order chi connectivity index (χ1) is 16.1. The van der Waals surface area contributed by atoms with E-state index in [4.69, 9.17) is 21.1 Å². The van der Waals surface area contributed by atoms with Gasteiger partial charge in [0.2, 0.25) is 0 Å². The van der Waals surface area contributed by atoms with Crippen LogP contribution in [0.4, 0.5) is 10.5 Å². The molecule has 1 saturated heterocycles. The number of nitrogens with one attached hydrogen (secondary N) is 1. The van der Waals surface area contributed by atoms with E-state index >= 15 is 0 Å².